The van der Waals surface area contributed by atoms with E-state index in [0.29, 0.717) is 16.7 Å². The van der Waals surface area contributed by atoms with Gasteiger partial charge in [-0.1, -0.05) is 25.6 Å². The number of nitrogens with one attached hydrogen (secondary N) is 1. The third-order valence-electron chi connectivity index (χ3n) is 2.39. The summed E-state index contributed by atoms with van der Waals surface area (Å²) in [7, 11) is 0. The molecular weight excluding hydrogens is 293 g/mol. The number of oxazole rings is 1. The number of fused-ring (bicyclic) bond motifs is 1. The molecule has 2 rings (SSSR count). The molecule has 2 N–H and O–H groups in total. The van der Waals surface area contributed by atoms with Crippen LogP contribution in [-0.2, 0) is 0 Å². The first kappa shape index (κ1) is 17.9. The maximum Gasteiger partial charge on any atom is 1.00 e. The van der Waals surface area contributed by atoms with Gasteiger partial charge >= 0.3 is 57.4 Å². The molecule has 0 aliphatic carbocycles. The molecule has 1 aromatic carbocycles. The van der Waals surface area contributed by atoms with E-state index in [1.54, 1.807) is 6.92 Å². The molecule has 0 saturated carbocycles. The van der Waals surface area contributed by atoms with Crippen LogP contribution in [0.1, 0.15) is 6.92 Å². The summed E-state index contributed by atoms with van der Waals surface area (Å²) in [5.41, 5.74) is 5.27. The summed E-state index contributed by atoms with van der Waals surface area (Å²) < 4.78 is 5.43. The number of aliphatic hydroxyl groups excluding tert-OH is 1. The van der Waals surface area contributed by atoms with Crippen LogP contribution in [0.2, 0.25) is 0 Å². The quantitative estimate of drug-likeness (QED) is 0.213. The van der Waals surface area contributed by atoms with Crippen molar-refractivity contribution in [2.24, 2.45) is 5.10 Å². The van der Waals surface area contributed by atoms with Gasteiger partial charge in [-0.05, 0) is 18.3 Å². The number of aliphatic hydroxyl groups is 1. The Balaban J connectivity index is 0.00000220. The Morgan fingerprint density at radius 3 is 2.76 bits per heavy atom. The average molecular weight is 307 g/mol. The van der Waals surface area contributed by atoms with Crippen molar-refractivity contribution in [1.29, 1.82) is 0 Å². The van der Waals surface area contributed by atoms with Crippen LogP contribution in [0.3, 0.4) is 0 Å². The molecule has 2 aromatic rings. The van der Waals surface area contributed by atoms with Crippen molar-refractivity contribution in [2.75, 3.05) is 5.43 Å². The Bertz CT molecular complexity index is 684. The molecule has 1 heterocycles. The number of hydrogen-bond donors (Lipinski definition) is 2. The molecule has 5 nitrogen and oxygen atoms in total. The molecule has 0 atom stereocenters. The fraction of sp³-hybridized carbons (Fsp3) is 0.0667. The second-order valence-electron chi connectivity index (χ2n) is 4.15. The summed E-state index contributed by atoms with van der Waals surface area (Å²) in [6, 6.07) is 7.66. The second-order valence-corrected chi connectivity index (χ2v) is 4.15. The third kappa shape index (κ3) is 5.26. The fourth-order valence-electron chi connectivity index (χ4n) is 1.47. The second kappa shape index (κ2) is 8.31. The molecule has 0 radical (unpaired) electrons. The minimum atomic E-state index is -0.0902. The van der Waals surface area contributed by atoms with E-state index in [0.717, 1.165) is 5.52 Å². The van der Waals surface area contributed by atoms with Gasteiger partial charge in [-0.2, -0.15) is 22.7 Å². The van der Waals surface area contributed by atoms with Crippen molar-refractivity contribution in [1.82, 2.24) is 4.98 Å². The molecule has 0 aliphatic rings. The van der Waals surface area contributed by atoms with Crippen LogP contribution < -0.4 is 56.8 Å². The predicted octanol–water partition coefficient (Wildman–Crippen LogP) is 0.681. The molecule has 0 saturated heterocycles. The Kier molecular flexibility index (Phi) is 7.07. The van der Waals surface area contributed by atoms with Crippen LogP contribution in [0, 0.1) is 0 Å². The van der Waals surface area contributed by atoms with Gasteiger partial charge in [-0.15, -0.1) is 6.08 Å². The molecule has 21 heavy (non-hydrogen) atoms. The van der Waals surface area contributed by atoms with E-state index in [9.17, 15) is 0 Å². The summed E-state index contributed by atoms with van der Waals surface area (Å²) >= 11 is 0. The van der Waals surface area contributed by atoms with Gasteiger partial charge < -0.3 is 9.52 Å². The SMILES string of the molecule is C=C(O)/C=C(/[C-]=NNc1nc2ccccc2o1)C(=C)C.[K+]. The van der Waals surface area contributed by atoms with E-state index in [-0.39, 0.29) is 63.2 Å². The topological polar surface area (TPSA) is 70.7 Å². The first-order valence-corrected chi connectivity index (χ1v) is 5.89. The number of hydrazone groups is 1. The van der Waals surface area contributed by atoms with Crippen molar-refractivity contribution < 1.29 is 60.9 Å². The maximum atomic E-state index is 9.14. The van der Waals surface area contributed by atoms with Gasteiger partial charge in [0.05, 0.1) is 5.76 Å². The summed E-state index contributed by atoms with van der Waals surface area (Å²) in [6.07, 6.45) is 4.11. The van der Waals surface area contributed by atoms with Gasteiger partial charge in [0.15, 0.2) is 5.58 Å². The normalized spacial score (nSPS) is 11.4. The fourth-order valence-corrected chi connectivity index (χ4v) is 1.47. The monoisotopic (exact) mass is 307 g/mol. The van der Waals surface area contributed by atoms with Crippen molar-refractivity contribution in [3.8, 4) is 0 Å². The van der Waals surface area contributed by atoms with Gasteiger partial charge in [0, 0.05) is 0 Å². The van der Waals surface area contributed by atoms with Gasteiger partial charge in [0.25, 0.3) is 0 Å². The third-order valence-corrected chi connectivity index (χ3v) is 2.39. The Morgan fingerprint density at radius 2 is 2.14 bits per heavy atom. The van der Waals surface area contributed by atoms with E-state index in [1.807, 2.05) is 24.3 Å². The van der Waals surface area contributed by atoms with Gasteiger partial charge in [-0.25, -0.2) is 10.5 Å². The summed E-state index contributed by atoms with van der Waals surface area (Å²) in [4.78, 5) is 4.20. The zero-order valence-electron chi connectivity index (χ0n) is 12.1. The molecule has 0 bridgehead atoms. The molecule has 0 amide bonds. The first-order chi connectivity index (χ1) is 9.56. The van der Waals surface area contributed by atoms with Gasteiger partial charge in [0.2, 0.25) is 0 Å². The number of rotatable bonds is 5. The van der Waals surface area contributed by atoms with E-state index in [2.05, 4.69) is 34.9 Å². The number of para-hydroxylation sites is 2. The molecule has 0 unspecified atom stereocenters. The molecule has 1 aromatic heterocycles. The van der Waals surface area contributed by atoms with Crippen LogP contribution in [0.5, 0.6) is 0 Å². The average Bonchev–Trinajstić information content (AvgIpc) is 2.79. The Morgan fingerprint density at radius 1 is 1.43 bits per heavy atom. The van der Waals surface area contributed by atoms with Crippen molar-refractivity contribution in [2.45, 2.75) is 6.92 Å². The Hall–Kier alpha value is -1.18. The van der Waals surface area contributed by atoms with Crippen LogP contribution in [0.4, 0.5) is 6.01 Å². The van der Waals surface area contributed by atoms with Crippen molar-refractivity contribution in [3.05, 3.63) is 60.4 Å². The van der Waals surface area contributed by atoms with Crippen molar-refractivity contribution >= 4 is 23.3 Å². The van der Waals surface area contributed by atoms with Crippen LogP contribution in [0.25, 0.3) is 11.1 Å². The zero-order valence-corrected chi connectivity index (χ0v) is 15.2. The van der Waals surface area contributed by atoms with Crippen LogP contribution in [0.15, 0.2) is 69.9 Å². The molecule has 0 fully saturated rings. The summed E-state index contributed by atoms with van der Waals surface area (Å²) in [5.74, 6) is -0.0902. The minimum absolute atomic E-state index is 0. The predicted molar refractivity (Wildman–Crippen MR) is 79.7 cm³/mol. The van der Waals surface area contributed by atoms with E-state index < -0.39 is 0 Å². The number of nitrogens with zero attached hydrogens (tertiary/aromatic N) is 2. The maximum absolute atomic E-state index is 9.14. The zero-order chi connectivity index (χ0) is 14.5. The number of anilines is 1. The van der Waals surface area contributed by atoms with Gasteiger partial charge in [0.1, 0.15) is 5.52 Å². The van der Waals surface area contributed by atoms with Crippen LogP contribution >= 0.6 is 0 Å². The standard InChI is InChI=1S/C15H14N3O2.K/c1-10(2)12(8-11(3)19)9-16-18-15-17-13-6-4-5-7-14(13)20-15;/h4-8,19H,1,3H2,2H3,(H,17,18);/q-1;+1/b12-8-;. The number of hydrogen-bond acceptors (Lipinski definition) is 5. The first-order valence-electron chi connectivity index (χ1n) is 5.89. The number of aromatic nitrogens is 1. The summed E-state index contributed by atoms with van der Waals surface area (Å²) in [6.45, 7) is 8.91. The molecule has 6 heteroatoms. The van der Waals surface area contributed by atoms with E-state index >= 15 is 0 Å². The van der Waals surface area contributed by atoms with E-state index in [1.165, 1.54) is 6.08 Å². The van der Waals surface area contributed by atoms with Crippen molar-refractivity contribution in [3.63, 3.8) is 0 Å². The largest absolute Gasteiger partial charge is 1.00 e. The molecule has 102 valence electrons. The summed E-state index contributed by atoms with van der Waals surface area (Å²) in [5, 5.41) is 13.0. The van der Waals surface area contributed by atoms with Crippen LogP contribution in [-0.4, -0.2) is 16.3 Å². The Labute approximate surface area is 165 Å². The smallest absolute Gasteiger partial charge is 0.521 e. The molecular formula is C15H14KN3O2. The minimum Gasteiger partial charge on any atom is -0.521 e. The number of benzene rings is 1. The van der Waals surface area contributed by atoms with Gasteiger partial charge in [-0.3, -0.25) is 0 Å². The number of allylic oxidation sites excluding steroid dienone is 3. The molecule has 0 spiro atoms. The van der Waals surface area contributed by atoms with E-state index in [4.69, 9.17) is 9.52 Å². The molecule has 0 aliphatic heterocycles.